The maximum atomic E-state index is 6.32. The molecule has 0 amide bonds. The van der Waals surface area contributed by atoms with E-state index in [9.17, 15) is 0 Å². The van der Waals surface area contributed by atoms with Crippen molar-refractivity contribution in [3.63, 3.8) is 0 Å². The Kier molecular flexibility index (Phi) is 3.13. The molecule has 2 aliphatic rings. The van der Waals surface area contributed by atoms with Crippen molar-refractivity contribution in [2.24, 2.45) is 17.8 Å². The Hall–Kier alpha value is -0.0151. The Morgan fingerprint density at radius 3 is 2.38 bits per heavy atom. The number of hydrogen-bond acceptors (Lipinski definition) is 2. The van der Waals surface area contributed by atoms with Gasteiger partial charge in [-0.25, -0.2) is 0 Å². The SMILES string of the molecule is B[C@@H]1O[C@@]2(CC(C)C)[C@H](C(C)C)[C@@H]1O[C@@H]2C. The summed E-state index contributed by atoms with van der Waals surface area (Å²) in [7, 11) is 2.16. The molecule has 2 rings (SSSR count). The first-order valence-corrected chi connectivity index (χ1v) is 6.71. The monoisotopic (exact) mass is 224 g/mol. The third kappa shape index (κ3) is 1.63. The summed E-state index contributed by atoms with van der Waals surface area (Å²) in [4.78, 5) is 0. The first kappa shape index (κ1) is 12.4. The van der Waals surface area contributed by atoms with Crippen LogP contribution in [0.4, 0.5) is 0 Å². The van der Waals surface area contributed by atoms with Gasteiger partial charge in [0.05, 0.1) is 23.8 Å². The second kappa shape index (κ2) is 4.02. The van der Waals surface area contributed by atoms with E-state index < -0.39 is 0 Å². The Balaban J connectivity index is 2.30. The predicted octanol–water partition coefficient (Wildman–Crippen LogP) is 1.82. The Bertz CT molecular complexity index is 267. The van der Waals surface area contributed by atoms with Crippen molar-refractivity contribution in [2.75, 3.05) is 0 Å². The molecule has 0 radical (unpaired) electrons. The lowest BCUT2D eigenvalue weighted by Crippen LogP contribution is -2.47. The summed E-state index contributed by atoms with van der Waals surface area (Å²) in [5, 5.41) is 0. The molecule has 0 spiro atoms. The predicted molar refractivity (Wildman–Crippen MR) is 68.3 cm³/mol. The molecular formula is C13H25BO2. The van der Waals surface area contributed by atoms with E-state index in [1.165, 1.54) is 0 Å². The lowest BCUT2D eigenvalue weighted by atomic mass is 9.72. The number of fused-ring (bicyclic) bond motifs is 2. The van der Waals surface area contributed by atoms with Crippen LogP contribution in [0.3, 0.4) is 0 Å². The number of rotatable bonds is 3. The number of ether oxygens (including phenoxy) is 2. The quantitative estimate of drug-likeness (QED) is 0.681. The fourth-order valence-corrected chi connectivity index (χ4v) is 3.91. The van der Waals surface area contributed by atoms with Gasteiger partial charge in [0, 0.05) is 5.92 Å². The van der Waals surface area contributed by atoms with Gasteiger partial charge in [-0.1, -0.05) is 27.7 Å². The minimum Gasteiger partial charge on any atom is -0.375 e. The minimum absolute atomic E-state index is 0.0214. The molecule has 16 heavy (non-hydrogen) atoms. The van der Waals surface area contributed by atoms with Crippen molar-refractivity contribution in [1.82, 2.24) is 0 Å². The van der Waals surface area contributed by atoms with Gasteiger partial charge in [-0.05, 0) is 25.2 Å². The number of hydrogen-bond donors (Lipinski definition) is 0. The van der Waals surface area contributed by atoms with Gasteiger partial charge in [0.15, 0.2) is 0 Å². The molecule has 3 heteroatoms. The van der Waals surface area contributed by atoms with Crippen LogP contribution in [-0.2, 0) is 9.47 Å². The van der Waals surface area contributed by atoms with E-state index in [2.05, 4.69) is 42.5 Å². The highest BCUT2D eigenvalue weighted by atomic mass is 16.6. The zero-order valence-electron chi connectivity index (χ0n) is 11.5. The molecule has 0 unspecified atom stereocenters. The third-order valence-corrected chi connectivity index (χ3v) is 4.28. The molecule has 2 bridgehead atoms. The molecule has 2 nitrogen and oxygen atoms in total. The van der Waals surface area contributed by atoms with Crippen molar-refractivity contribution in [3.05, 3.63) is 0 Å². The highest BCUT2D eigenvalue weighted by Crippen LogP contribution is 2.53. The highest BCUT2D eigenvalue weighted by molar-refractivity contribution is 6.11. The average Bonchev–Trinajstić information content (AvgIpc) is 2.51. The summed E-state index contributed by atoms with van der Waals surface area (Å²) in [6.45, 7) is 11.3. The van der Waals surface area contributed by atoms with Crippen LogP contribution >= 0.6 is 0 Å². The first-order chi connectivity index (χ1) is 7.38. The Morgan fingerprint density at radius 2 is 1.88 bits per heavy atom. The standard InChI is InChI=1S/C13H25BO2/c1-7(2)6-13-9(5)15-11(12(14)16-13)10(13)8(3)4/h7-12H,6,14H2,1-5H3/t9-,10-,11+,12-,13-/m1/s1. The van der Waals surface area contributed by atoms with E-state index in [1.807, 2.05) is 0 Å². The van der Waals surface area contributed by atoms with E-state index >= 15 is 0 Å². The van der Waals surface area contributed by atoms with Crippen LogP contribution in [0, 0.1) is 17.8 Å². The van der Waals surface area contributed by atoms with Crippen LogP contribution < -0.4 is 0 Å². The van der Waals surface area contributed by atoms with Gasteiger partial charge in [-0.15, -0.1) is 0 Å². The summed E-state index contributed by atoms with van der Waals surface area (Å²) in [6.07, 6.45) is 1.69. The van der Waals surface area contributed by atoms with Crippen molar-refractivity contribution >= 4 is 7.85 Å². The minimum atomic E-state index is -0.0214. The van der Waals surface area contributed by atoms with E-state index in [-0.39, 0.29) is 17.7 Å². The maximum Gasteiger partial charge on any atom is 0.142 e. The van der Waals surface area contributed by atoms with Gasteiger partial charge in [0.2, 0.25) is 0 Å². The van der Waals surface area contributed by atoms with Crippen molar-refractivity contribution in [1.29, 1.82) is 0 Å². The molecule has 92 valence electrons. The molecule has 2 aliphatic heterocycles. The molecule has 0 saturated carbocycles. The van der Waals surface area contributed by atoms with Crippen LogP contribution in [0.15, 0.2) is 0 Å². The van der Waals surface area contributed by atoms with Crippen LogP contribution in [-0.4, -0.2) is 31.7 Å². The van der Waals surface area contributed by atoms with E-state index in [4.69, 9.17) is 9.47 Å². The largest absolute Gasteiger partial charge is 0.375 e. The van der Waals surface area contributed by atoms with Gasteiger partial charge >= 0.3 is 0 Å². The molecule has 2 fully saturated rings. The van der Waals surface area contributed by atoms with Crippen LogP contribution in [0.5, 0.6) is 0 Å². The fourth-order valence-electron chi connectivity index (χ4n) is 3.91. The molecule has 0 N–H and O–H groups in total. The van der Waals surface area contributed by atoms with Gasteiger partial charge in [-0.3, -0.25) is 0 Å². The molecule has 0 aliphatic carbocycles. The molecular weight excluding hydrogens is 199 g/mol. The first-order valence-electron chi connectivity index (χ1n) is 6.71. The second-order valence-electron chi connectivity index (χ2n) is 6.39. The van der Waals surface area contributed by atoms with Crippen molar-refractivity contribution < 1.29 is 9.47 Å². The average molecular weight is 224 g/mol. The normalized spacial score (nSPS) is 47.2. The van der Waals surface area contributed by atoms with Crippen molar-refractivity contribution in [3.8, 4) is 0 Å². The lowest BCUT2D eigenvalue weighted by molar-refractivity contribution is -0.162. The van der Waals surface area contributed by atoms with E-state index in [1.54, 1.807) is 0 Å². The molecule has 5 atom stereocenters. The fraction of sp³-hybridized carbons (Fsp3) is 1.00. The third-order valence-electron chi connectivity index (χ3n) is 4.28. The van der Waals surface area contributed by atoms with Crippen LogP contribution in [0.25, 0.3) is 0 Å². The molecule has 2 heterocycles. The molecule has 0 aromatic carbocycles. The zero-order chi connectivity index (χ0) is 12.1. The van der Waals surface area contributed by atoms with E-state index in [0.717, 1.165) is 6.42 Å². The Labute approximate surface area is 100 Å². The topological polar surface area (TPSA) is 18.5 Å². The summed E-state index contributed by atoms with van der Waals surface area (Å²) in [5.74, 6) is 1.87. The smallest absolute Gasteiger partial charge is 0.142 e. The van der Waals surface area contributed by atoms with Gasteiger partial charge < -0.3 is 9.47 Å². The van der Waals surface area contributed by atoms with Crippen LogP contribution in [0.1, 0.15) is 41.0 Å². The molecule has 0 aromatic rings. The Morgan fingerprint density at radius 1 is 1.25 bits per heavy atom. The van der Waals surface area contributed by atoms with Crippen molar-refractivity contribution in [2.45, 2.75) is 64.9 Å². The van der Waals surface area contributed by atoms with Crippen LogP contribution in [0.2, 0.25) is 0 Å². The maximum absolute atomic E-state index is 6.32. The summed E-state index contributed by atoms with van der Waals surface area (Å²) in [5.41, 5.74) is -0.0214. The summed E-state index contributed by atoms with van der Waals surface area (Å²) < 4.78 is 12.4. The van der Waals surface area contributed by atoms with Gasteiger partial charge in [-0.2, -0.15) is 0 Å². The highest BCUT2D eigenvalue weighted by Gasteiger charge is 2.63. The molecule has 0 aromatic heterocycles. The molecule has 2 saturated heterocycles. The summed E-state index contributed by atoms with van der Waals surface area (Å²) >= 11 is 0. The zero-order valence-corrected chi connectivity index (χ0v) is 11.5. The lowest BCUT2D eigenvalue weighted by Gasteiger charge is -2.38. The second-order valence-corrected chi connectivity index (χ2v) is 6.39. The van der Waals surface area contributed by atoms with E-state index in [0.29, 0.717) is 23.9 Å². The van der Waals surface area contributed by atoms with Gasteiger partial charge in [0.1, 0.15) is 7.85 Å². The summed E-state index contributed by atoms with van der Waals surface area (Å²) in [6, 6.07) is 0.266. The van der Waals surface area contributed by atoms with Gasteiger partial charge in [0.25, 0.3) is 0 Å².